The van der Waals surface area contributed by atoms with Gasteiger partial charge in [0.2, 0.25) is 0 Å². The minimum Gasteiger partial charge on any atom is -0.478 e. The molecule has 37 heavy (non-hydrogen) atoms. The molecule has 0 aromatic heterocycles. The zero-order chi connectivity index (χ0) is 25.8. The van der Waals surface area contributed by atoms with Crippen LogP contribution in [0.3, 0.4) is 0 Å². The summed E-state index contributed by atoms with van der Waals surface area (Å²) in [6.07, 6.45) is 8.02. The lowest BCUT2D eigenvalue weighted by Crippen LogP contribution is -2.37. The summed E-state index contributed by atoms with van der Waals surface area (Å²) in [7, 11) is 0. The van der Waals surface area contributed by atoms with E-state index in [1.54, 1.807) is 23.9 Å². The van der Waals surface area contributed by atoms with Crippen molar-refractivity contribution in [3.05, 3.63) is 76.9 Å². The molecular weight excluding hydrogens is 488 g/mol. The first kappa shape index (κ1) is 26.4. The summed E-state index contributed by atoms with van der Waals surface area (Å²) in [4.78, 5) is 15.8. The number of aliphatic carboxylic acids is 1. The van der Waals surface area contributed by atoms with E-state index < -0.39 is 5.97 Å². The Morgan fingerprint density at radius 3 is 2.38 bits per heavy atom. The van der Waals surface area contributed by atoms with Crippen molar-refractivity contribution in [3.63, 3.8) is 0 Å². The zero-order valence-electron chi connectivity index (χ0n) is 21.4. The van der Waals surface area contributed by atoms with Gasteiger partial charge in [-0.3, -0.25) is 0 Å². The average molecular weight is 526 g/mol. The maximum absolute atomic E-state index is 14.1. The van der Waals surface area contributed by atoms with Crippen molar-refractivity contribution in [1.29, 1.82) is 0 Å². The number of carboxylic acids is 1. The Hall–Kier alpha value is -2.18. The van der Waals surface area contributed by atoms with Crippen molar-refractivity contribution in [2.24, 2.45) is 17.8 Å². The Morgan fingerprint density at radius 1 is 0.946 bits per heavy atom. The number of carbonyl (C=O) groups is 1. The third kappa shape index (κ3) is 7.23. The van der Waals surface area contributed by atoms with Crippen LogP contribution in [0.4, 0.5) is 8.78 Å². The van der Waals surface area contributed by atoms with Gasteiger partial charge in [0.05, 0.1) is 0 Å². The van der Waals surface area contributed by atoms with Gasteiger partial charge in [0.25, 0.3) is 0 Å². The highest BCUT2D eigenvalue weighted by Crippen LogP contribution is 2.47. The largest absolute Gasteiger partial charge is 0.478 e. The third-order valence-corrected chi connectivity index (χ3v) is 9.55. The summed E-state index contributed by atoms with van der Waals surface area (Å²) < 4.78 is 27.2. The van der Waals surface area contributed by atoms with Gasteiger partial charge in [-0.15, -0.1) is 11.8 Å². The fourth-order valence-corrected chi connectivity index (χ4v) is 7.21. The molecule has 0 spiro atoms. The molecule has 1 N–H and O–H groups in total. The molecule has 2 saturated carbocycles. The lowest BCUT2D eigenvalue weighted by Gasteiger charge is -2.35. The van der Waals surface area contributed by atoms with Crippen molar-refractivity contribution < 1.29 is 18.7 Å². The quantitative estimate of drug-likeness (QED) is 0.257. The van der Waals surface area contributed by atoms with E-state index in [1.807, 2.05) is 18.2 Å². The van der Waals surface area contributed by atoms with Gasteiger partial charge in [-0.1, -0.05) is 17.7 Å². The molecule has 3 nitrogen and oxygen atoms in total. The number of hydrogen-bond acceptors (Lipinski definition) is 3. The van der Waals surface area contributed by atoms with Crippen LogP contribution in [0.15, 0.2) is 64.6 Å². The summed E-state index contributed by atoms with van der Waals surface area (Å²) >= 11 is 1.80. The fraction of sp³-hybridized carbons (Fsp3) is 0.516. The maximum atomic E-state index is 14.1. The number of thioether (sulfide) groups is 1. The van der Waals surface area contributed by atoms with Crippen LogP contribution in [0.2, 0.25) is 0 Å². The number of piperidine rings is 1. The molecule has 2 aromatic carbocycles. The van der Waals surface area contributed by atoms with Gasteiger partial charge in [0, 0.05) is 17.0 Å². The first-order valence-corrected chi connectivity index (χ1v) is 14.7. The Balaban J connectivity index is 1.19. The molecule has 1 heterocycles. The average Bonchev–Trinajstić information content (AvgIpc) is 3.62. The topological polar surface area (TPSA) is 40.5 Å². The molecule has 3 fully saturated rings. The molecule has 0 bridgehead atoms. The molecule has 2 unspecified atom stereocenters. The molecule has 5 rings (SSSR count). The summed E-state index contributed by atoms with van der Waals surface area (Å²) in [6, 6.07) is 13.7. The van der Waals surface area contributed by atoms with Crippen LogP contribution in [0, 0.1) is 29.4 Å². The Kier molecular flexibility index (Phi) is 8.66. The second-order valence-electron chi connectivity index (χ2n) is 11.2. The van der Waals surface area contributed by atoms with Crippen molar-refractivity contribution in [2.75, 3.05) is 25.4 Å². The number of halogens is 2. The number of benzene rings is 2. The predicted octanol–water partition coefficient (Wildman–Crippen LogP) is 7.53. The van der Waals surface area contributed by atoms with E-state index >= 15 is 0 Å². The van der Waals surface area contributed by atoms with Crippen LogP contribution in [-0.4, -0.2) is 41.4 Å². The van der Waals surface area contributed by atoms with Crippen LogP contribution in [0.5, 0.6) is 0 Å². The Labute approximate surface area is 223 Å². The predicted molar refractivity (Wildman–Crippen MR) is 145 cm³/mol. The van der Waals surface area contributed by atoms with E-state index in [4.69, 9.17) is 0 Å². The van der Waals surface area contributed by atoms with Crippen LogP contribution in [0.1, 0.15) is 62.8 Å². The number of allylic oxidation sites excluding steroid dienone is 1. The Bertz CT molecular complexity index is 1110. The second-order valence-corrected chi connectivity index (χ2v) is 12.4. The molecule has 3 aliphatic rings. The van der Waals surface area contributed by atoms with E-state index in [1.165, 1.54) is 37.5 Å². The molecule has 0 amide bonds. The monoisotopic (exact) mass is 525 g/mol. The zero-order valence-corrected chi connectivity index (χ0v) is 22.2. The Morgan fingerprint density at radius 2 is 1.70 bits per heavy atom. The van der Waals surface area contributed by atoms with Gasteiger partial charge >= 0.3 is 5.97 Å². The van der Waals surface area contributed by atoms with E-state index in [-0.39, 0.29) is 17.6 Å². The highest BCUT2D eigenvalue weighted by molar-refractivity contribution is 7.99. The highest BCUT2D eigenvalue weighted by atomic mass is 32.2. The molecule has 198 valence electrons. The molecule has 6 heteroatoms. The highest BCUT2D eigenvalue weighted by Gasteiger charge is 2.37. The summed E-state index contributed by atoms with van der Waals surface area (Å²) in [5.74, 6) is 1.60. The van der Waals surface area contributed by atoms with E-state index in [0.29, 0.717) is 29.7 Å². The van der Waals surface area contributed by atoms with E-state index in [0.717, 1.165) is 67.1 Å². The number of likely N-dealkylation sites (tertiary alicyclic amines) is 1. The van der Waals surface area contributed by atoms with Gasteiger partial charge in [0.15, 0.2) is 0 Å². The van der Waals surface area contributed by atoms with Crippen LogP contribution in [0.25, 0.3) is 0 Å². The minimum absolute atomic E-state index is 0.170. The molecule has 2 atom stereocenters. The van der Waals surface area contributed by atoms with Crippen molar-refractivity contribution in [2.45, 2.75) is 62.2 Å². The smallest absolute Gasteiger partial charge is 0.331 e. The van der Waals surface area contributed by atoms with Gasteiger partial charge in [-0.05, 0) is 136 Å². The number of rotatable bonds is 10. The van der Waals surface area contributed by atoms with E-state index in [9.17, 15) is 18.7 Å². The molecule has 1 aliphatic heterocycles. The fourth-order valence-electron chi connectivity index (χ4n) is 6.20. The van der Waals surface area contributed by atoms with Crippen LogP contribution >= 0.6 is 11.8 Å². The number of carboxylic acid groups (broad SMARTS) is 1. The van der Waals surface area contributed by atoms with Crippen molar-refractivity contribution >= 4 is 17.7 Å². The number of hydrogen-bond donors (Lipinski definition) is 1. The second kappa shape index (κ2) is 12.1. The standard InChI is InChI=1S/C31H37F2NO2S/c32-26-6-8-28(9-7-26)37-15-12-21-10-13-34(14-11-21)20-25-17-24(30(31(35)36)16-22-4-5-22)19-29(25)23-2-1-3-27(33)18-23/h1-3,6-9,18,21-22,25,29H,4-5,10-17,19-20H2,(H,35,36)/b30-24-. The van der Waals surface area contributed by atoms with E-state index in [2.05, 4.69) is 4.90 Å². The van der Waals surface area contributed by atoms with Crippen LogP contribution in [-0.2, 0) is 4.79 Å². The minimum atomic E-state index is -0.764. The lowest BCUT2D eigenvalue weighted by atomic mass is 9.87. The van der Waals surface area contributed by atoms with Gasteiger partial charge in [-0.2, -0.15) is 0 Å². The van der Waals surface area contributed by atoms with Gasteiger partial charge in [-0.25, -0.2) is 13.6 Å². The molecule has 2 aromatic rings. The summed E-state index contributed by atoms with van der Waals surface area (Å²) in [5.41, 5.74) is 2.72. The maximum Gasteiger partial charge on any atom is 0.331 e. The SMILES string of the molecule is O=C(O)/C(CC1CC1)=C1/CC(CN2CCC(CCSc3ccc(F)cc3)CC2)C(c2cccc(F)c2)C1. The van der Waals surface area contributed by atoms with Crippen LogP contribution < -0.4 is 0 Å². The molecule has 2 aliphatic carbocycles. The van der Waals surface area contributed by atoms with Gasteiger partial charge in [0.1, 0.15) is 11.6 Å². The third-order valence-electron chi connectivity index (χ3n) is 8.50. The molecular formula is C31H37F2NO2S. The normalized spacial score (nSPS) is 24.4. The lowest BCUT2D eigenvalue weighted by molar-refractivity contribution is -0.132. The number of nitrogens with zero attached hydrogens (tertiary/aromatic N) is 1. The molecule has 0 radical (unpaired) electrons. The summed E-state index contributed by atoms with van der Waals surface area (Å²) in [6.45, 7) is 3.06. The first-order valence-electron chi connectivity index (χ1n) is 13.7. The van der Waals surface area contributed by atoms with Gasteiger partial charge < -0.3 is 10.0 Å². The first-order chi connectivity index (χ1) is 17.9. The van der Waals surface area contributed by atoms with Crippen molar-refractivity contribution in [3.8, 4) is 0 Å². The molecule has 1 saturated heterocycles. The summed E-state index contributed by atoms with van der Waals surface area (Å²) in [5, 5.41) is 9.96. The van der Waals surface area contributed by atoms with Crippen molar-refractivity contribution in [1.82, 2.24) is 4.90 Å².